The van der Waals surface area contributed by atoms with Crippen LogP contribution < -0.4 is 10.3 Å². The molecule has 0 fully saturated rings. The zero-order chi connectivity index (χ0) is 11.2. The molecule has 3 heteroatoms. The Bertz CT molecular complexity index is 491. The first kappa shape index (κ1) is 10.5. The largest absolute Gasteiger partial charge is 0.488 e. The molecule has 16 heavy (non-hydrogen) atoms. The van der Waals surface area contributed by atoms with Gasteiger partial charge in [0, 0.05) is 12.6 Å². The van der Waals surface area contributed by atoms with Crippen LogP contribution >= 0.6 is 0 Å². The molecule has 1 heterocycles. The lowest BCUT2D eigenvalue weighted by atomic mass is 10.2. The summed E-state index contributed by atoms with van der Waals surface area (Å²) in [4.78, 5) is 13.8. The van der Waals surface area contributed by atoms with Crippen molar-refractivity contribution in [2.45, 2.75) is 6.42 Å². The van der Waals surface area contributed by atoms with E-state index in [1.807, 2.05) is 30.3 Å². The first-order valence-corrected chi connectivity index (χ1v) is 5.21. The molecule has 1 aromatic carbocycles. The van der Waals surface area contributed by atoms with E-state index in [0.29, 0.717) is 12.4 Å². The molecular weight excluding hydrogens is 202 g/mol. The number of H-pyrrole nitrogens is 1. The molecule has 0 bridgehead atoms. The van der Waals surface area contributed by atoms with Gasteiger partial charge in [0.1, 0.15) is 0 Å². The fraction of sp³-hybridized carbons (Fsp3) is 0.154. The molecule has 0 radical (unpaired) electrons. The molecule has 82 valence electrons. The van der Waals surface area contributed by atoms with Crippen molar-refractivity contribution in [1.29, 1.82) is 0 Å². The molecule has 3 nitrogen and oxygen atoms in total. The third kappa shape index (κ3) is 2.73. The Morgan fingerprint density at radius 2 is 1.88 bits per heavy atom. The predicted octanol–water partition coefficient (Wildman–Crippen LogP) is 2.00. The van der Waals surface area contributed by atoms with Crippen molar-refractivity contribution in [3.63, 3.8) is 0 Å². The highest BCUT2D eigenvalue weighted by molar-refractivity contribution is 5.17. The van der Waals surface area contributed by atoms with Crippen LogP contribution in [0.2, 0.25) is 0 Å². The second-order valence-corrected chi connectivity index (χ2v) is 3.45. The maximum absolute atomic E-state index is 11.3. The van der Waals surface area contributed by atoms with Crippen LogP contribution in [0.3, 0.4) is 0 Å². The molecule has 0 aliphatic heterocycles. The summed E-state index contributed by atoms with van der Waals surface area (Å²) < 4.78 is 5.40. The van der Waals surface area contributed by atoms with E-state index in [4.69, 9.17) is 4.74 Å². The van der Waals surface area contributed by atoms with Crippen molar-refractivity contribution in [2.75, 3.05) is 6.61 Å². The molecule has 0 aliphatic carbocycles. The van der Waals surface area contributed by atoms with E-state index in [-0.39, 0.29) is 5.56 Å². The van der Waals surface area contributed by atoms with E-state index in [0.717, 1.165) is 6.42 Å². The van der Waals surface area contributed by atoms with Crippen LogP contribution in [0.5, 0.6) is 5.75 Å². The third-order valence-corrected chi connectivity index (χ3v) is 2.27. The van der Waals surface area contributed by atoms with Crippen LogP contribution in [-0.4, -0.2) is 11.6 Å². The van der Waals surface area contributed by atoms with E-state index in [1.54, 1.807) is 18.3 Å². The maximum Gasteiger partial charge on any atom is 0.290 e. The van der Waals surface area contributed by atoms with Gasteiger partial charge in [0.15, 0.2) is 5.75 Å². The Labute approximate surface area is 93.7 Å². The summed E-state index contributed by atoms with van der Waals surface area (Å²) in [6.07, 6.45) is 2.39. The highest BCUT2D eigenvalue weighted by Crippen LogP contribution is 2.03. The summed E-state index contributed by atoms with van der Waals surface area (Å²) in [7, 11) is 0. The first-order chi connectivity index (χ1) is 7.86. The molecule has 0 saturated heterocycles. The molecule has 0 spiro atoms. The zero-order valence-electron chi connectivity index (χ0n) is 8.85. The molecule has 1 aromatic heterocycles. The lowest BCUT2D eigenvalue weighted by Crippen LogP contribution is -2.11. The Morgan fingerprint density at radius 1 is 1.06 bits per heavy atom. The summed E-state index contributed by atoms with van der Waals surface area (Å²) in [5.41, 5.74) is 1.02. The normalized spacial score (nSPS) is 10.0. The maximum atomic E-state index is 11.3. The second kappa shape index (κ2) is 5.16. The fourth-order valence-electron chi connectivity index (χ4n) is 1.44. The molecule has 2 aromatic rings. The van der Waals surface area contributed by atoms with Gasteiger partial charge in [-0.05, 0) is 17.7 Å². The summed E-state index contributed by atoms with van der Waals surface area (Å²) in [5, 5.41) is 0. The van der Waals surface area contributed by atoms with E-state index < -0.39 is 0 Å². The average molecular weight is 215 g/mol. The van der Waals surface area contributed by atoms with Gasteiger partial charge in [-0.2, -0.15) is 0 Å². The Morgan fingerprint density at radius 3 is 2.62 bits per heavy atom. The smallest absolute Gasteiger partial charge is 0.290 e. The summed E-state index contributed by atoms with van der Waals surface area (Å²) in [6, 6.07) is 13.5. The van der Waals surface area contributed by atoms with Crippen molar-refractivity contribution >= 4 is 0 Å². The van der Waals surface area contributed by atoms with Crippen LogP contribution in [0, 0.1) is 0 Å². The first-order valence-electron chi connectivity index (χ1n) is 5.21. The number of hydrogen-bond donors (Lipinski definition) is 1. The van der Waals surface area contributed by atoms with Crippen molar-refractivity contribution in [3.05, 3.63) is 64.6 Å². The number of aromatic nitrogens is 1. The standard InChI is InChI=1S/C13H13NO2/c15-13-12(7-4-9-14-13)16-10-8-11-5-2-1-3-6-11/h1-7,9H,8,10H2,(H,14,15). The van der Waals surface area contributed by atoms with Gasteiger partial charge >= 0.3 is 0 Å². The van der Waals surface area contributed by atoms with Crippen molar-refractivity contribution < 1.29 is 4.74 Å². The number of ether oxygens (including phenoxy) is 1. The predicted molar refractivity (Wildman–Crippen MR) is 62.7 cm³/mol. The number of benzene rings is 1. The quantitative estimate of drug-likeness (QED) is 0.847. The van der Waals surface area contributed by atoms with E-state index in [1.165, 1.54) is 5.56 Å². The van der Waals surface area contributed by atoms with Crippen LogP contribution in [-0.2, 0) is 6.42 Å². The summed E-state index contributed by atoms with van der Waals surface area (Å²) in [6.45, 7) is 0.511. The van der Waals surface area contributed by atoms with Gasteiger partial charge < -0.3 is 9.72 Å². The van der Waals surface area contributed by atoms with Crippen LogP contribution in [0.25, 0.3) is 0 Å². The number of rotatable bonds is 4. The average Bonchev–Trinajstić information content (AvgIpc) is 2.33. The molecule has 1 N–H and O–H groups in total. The Balaban J connectivity index is 1.90. The number of pyridine rings is 1. The topological polar surface area (TPSA) is 42.1 Å². The lowest BCUT2D eigenvalue weighted by Gasteiger charge is -2.04. The molecule has 0 aliphatic rings. The SMILES string of the molecule is O=c1[nH]cccc1OCCc1ccccc1. The van der Waals surface area contributed by atoms with E-state index in [9.17, 15) is 4.79 Å². The molecular formula is C13H13NO2. The number of aromatic amines is 1. The van der Waals surface area contributed by atoms with Gasteiger partial charge in [-0.3, -0.25) is 4.79 Å². The van der Waals surface area contributed by atoms with Gasteiger partial charge in [-0.1, -0.05) is 30.3 Å². The lowest BCUT2D eigenvalue weighted by molar-refractivity contribution is 0.317. The minimum absolute atomic E-state index is 0.185. The minimum atomic E-state index is -0.185. The highest BCUT2D eigenvalue weighted by Gasteiger charge is 1.98. The van der Waals surface area contributed by atoms with Gasteiger partial charge in [-0.15, -0.1) is 0 Å². The highest BCUT2D eigenvalue weighted by atomic mass is 16.5. The molecule has 0 unspecified atom stereocenters. The molecule has 0 atom stereocenters. The van der Waals surface area contributed by atoms with Crippen molar-refractivity contribution in [2.24, 2.45) is 0 Å². The molecule has 0 amide bonds. The van der Waals surface area contributed by atoms with Crippen LogP contribution in [0.4, 0.5) is 0 Å². The number of hydrogen-bond acceptors (Lipinski definition) is 2. The van der Waals surface area contributed by atoms with E-state index in [2.05, 4.69) is 4.98 Å². The Kier molecular flexibility index (Phi) is 3.38. The van der Waals surface area contributed by atoms with Gasteiger partial charge in [-0.25, -0.2) is 0 Å². The van der Waals surface area contributed by atoms with Crippen LogP contribution in [0.1, 0.15) is 5.56 Å². The van der Waals surface area contributed by atoms with Gasteiger partial charge in [0.25, 0.3) is 5.56 Å². The molecule has 0 saturated carbocycles. The monoisotopic (exact) mass is 215 g/mol. The second-order valence-electron chi connectivity index (χ2n) is 3.45. The van der Waals surface area contributed by atoms with E-state index >= 15 is 0 Å². The van der Waals surface area contributed by atoms with Gasteiger partial charge in [0.05, 0.1) is 6.61 Å². The van der Waals surface area contributed by atoms with Crippen LogP contribution in [0.15, 0.2) is 53.5 Å². The summed E-state index contributed by atoms with van der Waals surface area (Å²) >= 11 is 0. The minimum Gasteiger partial charge on any atom is -0.488 e. The Hall–Kier alpha value is -2.03. The molecule has 2 rings (SSSR count). The van der Waals surface area contributed by atoms with Gasteiger partial charge in [0.2, 0.25) is 0 Å². The summed E-state index contributed by atoms with van der Waals surface area (Å²) in [5.74, 6) is 0.374. The number of nitrogens with one attached hydrogen (secondary N) is 1. The van der Waals surface area contributed by atoms with Crippen molar-refractivity contribution in [3.8, 4) is 5.75 Å². The fourth-order valence-corrected chi connectivity index (χ4v) is 1.44. The van der Waals surface area contributed by atoms with Crippen molar-refractivity contribution in [1.82, 2.24) is 4.98 Å². The third-order valence-electron chi connectivity index (χ3n) is 2.27. The zero-order valence-corrected chi connectivity index (χ0v) is 8.85.